The Hall–Kier alpha value is -0.240. The third-order valence-electron chi connectivity index (χ3n) is 2.71. The fourth-order valence-electron chi connectivity index (χ4n) is 1.37. The lowest BCUT2D eigenvalue weighted by atomic mass is 10.5. The maximum Gasteiger partial charge on any atom is 0.280 e. The molecule has 122 valence electrons. The van der Waals surface area contributed by atoms with Crippen LogP contribution in [0.1, 0.15) is 6.92 Å². The molecule has 0 fully saturated rings. The highest BCUT2D eigenvalue weighted by Crippen LogP contribution is 2.14. The first-order chi connectivity index (χ1) is 9.25. The van der Waals surface area contributed by atoms with E-state index in [1.54, 1.807) is 0 Å². The zero-order valence-corrected chi connectivity index (χ0v) is 14.3. The molecule has 0 amide bonds. The van der Waals surface area contributed by atoms with Gasteiger partial charge in [-0.15, -0.1) is 0 Å². The maximum absolute atomic E-state index is 5.78. The molecule has 0 aromatic heterocycles. The van der Waals surface area contributed by atoms with E-state index in [9.17, 15) is 0 Å². The molecule has 6 heteroatoms. The van der Waals surface area contributed by atoms with Crippen molar-refractivity contribution >= 4 is 0 Å². The van der Waals surface area contributed by atoms with Gasteiger partial charge in [0.2, 0.25) is 0 Å². The second-order valence-electron chi connectivity index (χ2n) is 5.82. The van der Waals surface area contributed by atoms with E-state index < -0.39 is 5.97 Å². The normalized spacial score (nSPS) is 12.9. The van der Waals surface area contributed by atoms with Gasteiger partial charge in [-0.1, -0.05) is 0 Å². The first kappa shape index (κ1) is 19.8. The predicted octanol–water partition coefficient (Wildman–Crippen LogP) is 0.395. The largest absolute Gasteiger partial charge is 0.326 e. The number of rotatable bonds is 12. The summed E-state index contributed by atoms with van der Waals surface area (Å²) in [6, 6.07) is 0. The van der Waals surface area contributed by atoms with Gasteiger partial charge < -0.3 is 28.9 Å². The average molecular weight is 291 g/mol. The lowest BCUT2D eigenvalue weighted by Gasteiger charge is -2.31. The van der Waals surface area contributed by atoms with Crippen molar-refractivity contribution in [2.75, 3.05) is 81.7 Å². The van der Waals surface area contributed by atoms with Crippen molar-refractivity contribution in [1.29, 1.82) is 0 Å². The molecule has 0 unspecified atom stereocenters. The number of hydrogen-bond acceptors (Lipinski definition) is 6. The highest BCUT2D eigenvalue weighted by molar-refractivity contribution is 4.54. The zero-order valence-electron chi connectivity index (χ0n) is 14.3. The molecule has 0 aromatic rings. The molecular weight excluding hydrogens is 258 g/mol. The summed E-state index contributed by atoms with van der Waals surface area (Å²) < 4.78 is 17.3. The molecule has 0 saturated heterocycles. The molecular formula is C14H33N3O3. The van der Waals surface area contributed by atoms with Crippen molar-refractivity contribution in [1.82, 2.24) is 14.7 Å². The van der Waals surface area contributed by atoms with Crippen molar-refractivity contribution in [3.63, 3.8) is 0 Å². The van der Waals surface area contributed by atoms with Crippen LogP contribution >= 0.6 is 0 Å². The van der Waals surface area contributed by atoms with Crippen molar-refractivity contribution in [2.24, 2.45) is 0 Å². The molecule has 0 aliphatic carbocycles. The van der Waals surface area contributed by atoms with Gasteiger partial charge in [-0.25, -0.2) is 0 Å². The fourth-order valence-corrected chi connectivity index (χ4v) is 1.37. The summed E-state index contributed by atoms with van der Waals surface area (Å²) in [4.78, 5) is 6.21. The van der Waals surface area contributed by atoms with E-state index in [0.717, 1.165) is 19.6 Å². The van der Waals surface area contributed by atoms with Gasteiger partial charge in [-0.05, 0) is 42.3 Å². The number of hydrogen-bond donors (Lipinski definition) is 0. The number of nitrogens with zero attached hydrogens (tertiary/aromatic N) is 3. The maximum atomic E-state index is 5.78. The van der Waals surface area contributed by atoms with Crippen LogP contribution in [0.5, 0.6) is 0 Å². The van der Waals surface area contributed by atoms with E-state index in [2.05, 4.69) is 14.7 Å². The summed E-state index contributed by atoms with van der Waals surface area (Å²) in [5.41, 5.74) is 0. The van der Waals surface area contributed by atoms with E-state index >= 15 is 0 Å². The second kappa shape index (κ2) is 10.5. The molecule has 0 N–H and O–H groups in total. The molecule has 0 rings (SSSR count). The van der Waals surface area contributed by atoms with Gasteiger partial charge in [0.1, 0.15) is 0 Å². The van der Waals surface area contributed by atoms with Gasteiger partial charge in [0.05, 0.1) is 19.8 Å². The SMILES string of the molecule is CN(C)CCOC(C)(OCCN(C)C)OCCN(C)C. The van der Waals surface area contributed by atoms with Crippen molar-refractivity contribution in [3.05, 3.63) is 0 Å². The Bertz CT molecular complexity index is 200. The number of likely N-dealkylation sites (N-methyl/N-ethyl adjacent to an activating group) is 3. The Morgan fingerprint density at radius 1 is 0.600 bits per heavy atom. The van der Waals surface area contributed by atoms with Gasteiger partial charge in [0.15, 0.2) is 0 Å². The molecule has 0 bridgehead atoms. The van der Waals surface area contributed by atoms with Gasteiger partial charge in [-0.3, -0.25) is 0 Å². The van der Waals surface area contributed by atoms with Crippen molar-refractivity contribution in [2.45, 2.75) is 12.9 Å². The minimum absolute atomic E-state index is 0.577. The summed E-state index contributed by atoms with van der Waals surface area (Å²) >= 11 is 0. The predicted molar refractivity (Wildman–Crippen MR) is 81.9 cm³/mol. The highest BCUT2D eigenvalue weighted by atomic mass is 16.9. The van der Waals surface area contributed by atoms with E-state index in [1.165, 1.54) is 0 Å². The van der Waals surface area contributed by atoms with Crippen LogP contribution in [0.4, 0.5) is 0 Å². The first-order valence-electron chi connectivity index (χ1n) is 7.11. The molecule has 0 aliphatic heterocycles. The smallest absolute Gasteiger partial charge is 0.280 e. The zero-order chi connectivity index (χ0) is 15.6. The quantitative estimate of drug-likeness (QED) is 0.484. The van der Waals surface area contributed by atoms with E-state index in [-0.39, 0.29) is 0 Å². The Morgan fingerprint density at radius 3 is 1.05 bits per heavy atom. The van der Waals surface area contributed by atoms with E-state index in [0.29, 0.717) is 19.8 Å². The van der Waals surface area contributed by atoms with Crippen molar-refractivity contribution < 1.29 is 14.2 Å². The van der Waals surface area contributed by atoms with Crippen LogP contribution in [-0.2, 0) is 14.2 Å². The van der Waals surface area contributed by atoms with Crippen molar-refractivity contribution in [3.8, 4) is 0 Å². The van der Waals surface area contributed by atoms with Crippen LogP contribution in [0.25, 0.3) is 0 Å². The summed E-state index contributed by atoms with van der Waals surface area (Å²) in [6.45, 7) is 6.08. The van der Waals surface area contributed by atoms with Crippen LogP contribution < -0.4 is 0 Å². The van der Waals surface area contributed by atoms with Gasteiger partial charge >= 0.3 is 0 Å². The van der Waals surface area contributed by atoms with Crippen LogP contribution in [0.15, 0.2) is 0 Å². The Labute approximate surface area is 124 Å². The van der Waals surface area contributed by atoms with Crippen LogP contribution in [0.2, 0.25) is 0 Å². The molecule has 0 aromatic carbocycles. The summed E-state index contributed by atoms with van der Waals surface area (Å²) in [7, 11) is 12.1. The average Bonchev–Trinajstić information content (AvgIpc) is 2.27. The lowest BCUT2D eigenvalue weighted by molar-refractivity contribution is -0.370. The van der Waals surface area contributed by atoms with Crippen LogP contribution in [0, 0.1) is 0 Å². The molecule has 0 saturated carbocycles. The highest BCUT2D eigenvalue weighted by Gasteiger charge is 2.27. The minimum atomic E-state index is -0.970. The van der Waals surface area contributed by atoms with Gasteiger partial charge in [-0.2, -0.15) is 0 Å². The third kappa shape index (κ3) is 11.6. The molecule has 0 radical (unpaired) electrons. The van der Waals surface area contributed by atoms with Gasteiger partial charge in [0, 0.05) is 26.6 Å². The minimum Gasteiger partial charge on any atom is -0.326 e. The number of ether oxygens (including phenoxy) is 3. The van der Waals surface area contributed by atoms with Gasteiger partial charge in [0.25, 0.3) is 5.97 Å². The summed E-state index contributed by atoms with van der Waals surface area (Å²) in [5, 5.41) is 0. The van der Waals surface area contributed by atoms with Crippen LogP contribution in [-0.4, -0.2) is 102 Å². The van der Waals surface area contributed by atoms with E-state index in [1.807, 2.05) is 49.2 Å². The standard InChI is InChI=1S/C14H33N3O3/c1-14(18-11-8-15(2)3,19-12-9-16(4)5)20-13-10-17(6)7/h8-13H2,1-7H3. The monoisotopic (exact) mass is 291 g/mol. The third-order valence-corrected chi connectivity index (χ3v) is 2.71. The first-order valence-corrected chi connectivity index (χ1v) is 7.11. The van der Waals surface area contributed by atoms with Crippen LogP contribution in [0.3, 0.4) is 0 Å². The molecule has 6 nitrogen and oxygen atoms in total. The molecule has 20 heavy (non-hydrogen) atoms. The van der Waals surface area contributed by atoms with E-state index in [4.69, 9.17) is 14.2 Å². The molecule has 0 atom stereocenters. The molecule has 0 aliphatic rings. The second-order valence-corrected chi connectivity index (χ2v) is 5.82. The fraction of sp³-hybridized carbons (Fsp3) is 1.00. The topological polar surface area (TPSA) is 37.4 Å². The molecule has 0 spiro atoms. The lowest BCUT2D eigenvalue weighted by Crippen LogP contribution is -2.41. The summed E-state index contributed by atoms with van der Waals surface area (Å²) in [6.07, 6.45) is 0. The Balaban J connectivity index is 4.18. The summed E-state index contributed by atoms with van der Waals surface area (Å²) in [5.74, 6) is -0.970. The Kier molecular flexibility index (Phi) is 10.4. The Morgan fingerprint density at radius 2 is 0.850 bits per heavy atom. The molecule has 0 heterocycles.